The second-order valence-corrected chi connectivity index (χ2v) is 7.47. The first-order valence-corrected chi connectivity index (χ1v) is 9.96. The number of amides is 1. The van der Waals surface area contributed by atoms with Crippen molar-refractivity contribution in [1.82, 2.24) is 15.1 Å². The number of aliphatic hydroxyl groups excluding tert-OH is 1. The van der Waals surface area contributed by atoms with Crippen LogP contribution in [0.25, 0.3) is 0 Å². The number of aromatic nitrogens is 2. The van der Waals surface area contributed by atoms with Gasteiger partial charge in [-0.15, -0.1) is 0 Å². The van der Waals surface area contributed by atoms with Crippen molar-refractivity contribution in [1.29, 1.82) is 0 Å². The van der Waals surface area contributed by atoms with Crippen LogP contribution in [0.3, 0.4) is 0 Å². The molecular formula is C23H24F3N3O3. The number of carbonyl (C=O) groups excluding carboxylic acids is 1. The van der Waals surface area contributed by atoms with Crippen molar-refractivity contribution in [3.8, 4) is 11.6 Å². The summed E-state index contributed by atoms with van der Waals surface area (Å²) in [6.07, 6.45) is -3.94. The maximum atomic E-state index is 13.0. The highest BCUT2D eigenvalue weighted by Gasteiger charge is 2.31. The van der Waals surface area contributed by atoms with E-state index >= 15 is 0 Å². The minimum Gasteiger partial charge on any atom is -0.438 e. The van der Waals surface area contributed by atoms with Gasteiger partial charge >= 0.3 is 6.18 Å². The van der Waals surface area contributed by atoms with Gasteiger partial charge in [0.2, 0.25) is 5.88 Å². The number of hydrogen-bond acceptors (Lipinski definition) is 4. The zero-order valence-electron chi connectivity index (χ0n) is 18.0. The van der Waals surface area contributed by atoms with E-state index in [2.05, 4.69) is 16.5 Å². The van der Waals surface area contributed by atoms with E-state index in [1.807, 2.05) is 26.0 Å². The second-order valence-electron chi connectivity index (χ2n) is 7.47. The highest BCUT2D eigenvalue weighted by atomic mass is 19.4. The third-order valence-electron chi connectivity index (χ3n) is 5.00. The number of alkyl halides is 3. The van der Waals surface area contributed by atoms with Crippen LogP contribution in [0, 0.1) is 13.8 Å². The number of nitrogens with zero attached hydrogens (tertiary/aromatic N) is 2. The van der Waals surface area contributed by atoms with E-state index in [-0.39, 0.29) is 22.9 Å². The Kier molecular flexibility index (Phi) is 6.88. The first-order chi connectivity index (χ1) is 15.1. The summed E-state index contributed by atoms with van der Waals surface area (Å²) in [5.41, 5.74) is 2.52. The monoisotopic (exact) mass is 447 g/mol. The Morgan fingerprint density at radius 3 is 2.59 bits per heavy atom. The second kappa shape index (κ2) is 9.44. The molecule has 1 amide bonds. The maximum absolute atomic E-state index is 13.0. The highest BCUT2D eigenvalue weighted by Crippen LogP contribution is 2.34. The van der Waals surface area contributed by atoms with Crippen molar-refractivity contribution in [2.45, 2.75) is 33.1 Å². The lowest BCUT2D eigenvalue weighted by Crippen LogP contribution is -2.27. The van der Waals surface area contributed by atoms with Gasteiger partial charge in [0.05, 0.1) is 12.2 Å². The summed E-state index contributed by atoms with van der Waals surface area (Å²) in [5, 5.41) is 16.5. The summed E-state index contributed by atoms with van der Waals surface area (Å²) in [6, 6.07) is 10.4. The zero-order valence-corrected chi connectivity index (χ0v) is 18.0. The molecule has 0 bridgehead atoms. The predicted molar refractivity (Wildman–Crippen MR) is 113 cm³/mol. The van der Waals surface area contributed by atoms with Crippen LogP contribution in [-0.2, 0) is 26.3 Å². The van der Waals surface area contributed by atoms with E-state index < -0.39 is 24.3 Å². The fraction of sp³-hybridized carbons (Fsp3) is 0.304. The lowest BCUT2D eigenvalue weighted by atomic mass is 10.0. The number of aliphatic hydroxyl groups is 1. The predicted octanol–water partition coefficient (Wildman–Crippen LogP) is 4.31. The fourth-order valence-corrected chi connectivity index (χ4v) is 3.39. The van der Waals surface area contributed by atoms with Crippen LogP contribution in [0.1, 0.15) is 38.3 Å². The van der Waals surface area contributed by atoms with E-state index in [4.69, 9.17) is 4.74 Å². The Hall–Kier alpha value is -3.33. The summed E-state index contributed by atoms with van der Waals surface area (Å²) in [6.45, 7) is 3.80. The number of rotatable bonds is 7. The molecule has 0 aliphatic heterocycles. The minimum absolute atomic E-state index is 0.0203. The number of aryl methyl sites for hydroxylation is 3. The lowest BCUT2D eigenvalue weighted by Gasteiger charge is -2.12. The molecule has 0 spiro atoms. The average Bonchev–Trinajstić information content (AvgIpc) is 3.04. The van der Waals surface area contributed by atoms with Gasteiger partial charge in [0, 0.05) is 13.6 Å². The van der Waals surface area contributed by atoms with Crippen LogP contribution in [0.5, 0.6) is 11.6 Å². The normalized spacial score (nSPS) is 11.5. The Morgan fingerprint density at radius 2 is 1.94 bits per heavy atom. The molecule has 170 valence electrons. The molecule has 6 nitrogen and oxygen atoms in total. The number of halogens is 3. The van der Waals surface area contributed by atoms with Crippen molar-refractivity contribution >= 4 is 5.91 Å². The third-order valence-corrected chi connectivity index (χ3v) is 5.00. The van der Waals surface area contributed by atoms with E-state index in [1.165, 1.54) is 23.9 Å². The third kappa shape index (κ3) is 5.28. The molecule has 0 unspecified atom stereocenters. The Morgan fingerprint density at radius 1 is 1.19 bits per heavy atom. The van der Waals surface area contributed by atoms with Gasteiger partial charge in [-0.1, -0.05) is 29.8 Å². The van der Waals surface area contributed by atoms with Gasteiger partial charge in [0.15, 0.2) is 0 Å². The first kappa shape index (κ1) is 23.3. The summed E-state index contributed by atoms with van der Waals surface area (Å²) in [5.74, 6) is -0.692. The van der Waals surface area contributed by atoms with Crippen molar-refractivity contribution in [2.75, 3.05) is 6.54 Å². The molecule has 0 atom stereocenters. The van der Waals surface area contributed by atoms with E-state index in [1.54, 1.807) is 0 Å². The Bertz CT molecular complexity index is 1120. The number of hydrogen-bond donors (Lipinski definition) is 2. The average molecular weight is 447 g/mol. The maximum Gasteiger partial charge on any atom is 0.416 e. The molecule has 0 fully saturated rings. The molecule has 1 heterocycles. The number of carbonyl (C=O) groups is 1. The van der Waals surface area contributed by atoms with E-state index in [9.17, 15) is 23.1 Å². The number of benzene rings is 2. The molecule has 2 N–H and O–H groups in total. The molecule has 0 aliphatic rings. The zero-order chi connectivity index (χ0) is 23.5. The largest absolute Gasteiger partial charge is 0.438 e. The topological polar surface area (TPSA) is 76.4 Å². The SMILES string of the molecule is Cc1ccc(CCNC(=O)c2c(CO)nn(C)c2Oc2cccc(C(F)(F)F)c2)c(C)c1. The smallest absolute Gasteiger partial charge is 0.416 e. The van der Waals surface area contributed by atoms with Gasteiger partial charge in [-0.3, -0.25) is 4.79 Å². The van der Waals surface area contributed by atoms with Crippen molar-refractivity contribution < 1.29 is 27.8 Å². The fourth-order valence-electron chi connectivity index (χ4n) is 3.39. The molecule has 9 heteroatoms. The van der Waals surface area contributed by atoms with Crippen molar-refractivity contribution in [3.63, 3.8) is 0 Å². The molecule has 1 aromatic heterocycles. The van der Waals surface area contributed by atoms with E-state index in [0.29, 0.717) is 13.0 Å². The van der Waals surface area contributed by atoms with Crippen molar-refractivity contribution in [3.05, 3.63) is 76.0 Å². The molecule has 3 rings (SSSR count). The molecular weight excluding hydrogens is 423 g/mol. The first-order valence-electron chi connectivity index (χ1n) is 9.96. The highest BCUT2D eigenvalue weighted by molar-refractivity contribution is 5.97. The quantitative estimate of drug-likeness (QED) is 0.566. The van der Waals surface area contributed by atoms with Gasteiger partial charge in [-0.25, -0.2) is 4.68 Å². The van der Waals surface area contributed by atoms with Crippen LogP contribution >= 0.6 is 0 Å². The summed E-state index contributed by atoms with van der Waals surface area (Å²) in [4.78, 5) is 12.9. The molecule has 2 aromatic carbocycles. The molecule has 0 aliphatic carbocycles. The summed E-state index contributed by atoms with van der Waals surface area (Å²) >= 11 is 0. The van der Waals surface area contributed by atoms with Crippen LogP contribution < -0.4 is 10.1 Å². The van der Waals surface area contributed by atoms with E-state index in [0.717, 1.165) is 28.8 Å². The summed E-state index contributed by atoms with van der Waals surface area (Å²) < 4.78 is 45.9. The standard InChI is InChI=1S/C23H24F3N3O3/c1-14-7-8-16(15(2)11-14)9-10-27-21(31)20-19(13-30)28-29(3)22(20)32-18-6-4-5-17(12-18)23(24,25)26/h4-8,11-12,30H,9-10,13H2,1-3H3,(H,27,31). The Labute approximate surface area is 183 Å². The molecule has 0 saturated heterocycles. The van der Waals surface area contributed by atoms with Crippen molar-refractivity contribution in [2.24, 2.45) is 7.05 Å². The van der Waals surface area contributed by atoms with Gasteiger partial charge in [0.1, 0.15) is 17.0 Å². The van der Waals surface area contributed by atoms with Gasteiger partial charge in [0.25, 0.3) is 5.91 Å². The number of nitrogens with one attached hydrogen (secondary N) is 1. The van der Waals surface area contributed by atoms with Crippen LogP contribution in [0.15, 0.2) is 42.5 Å². The van der Waals surface area contributed by atoms with Gasteiger partial charge in [-0.2, -0.15) is 18.3 Å². The molecule has 3 aromatic rings. The molecule has 32 heavy (non-hydrogen) atoms. The van der Waals surface area contributed by atoms with Crippen LogP contribution in [0.4, 0.5) is 13.2 Å². The molecule has 0 radical (unpaired) electrons. The minimum atomic E-state index is -4.53. The Balaban J connectivity index is 1.80. The summed E-state index contributed by atoms with van der Waals surface area (Å²) in [7, 11) is 1.48. The van der Waals surface area contributed by atoms with Gasteiger partial charge < -0.3 is 15.2 Å². The number of ether oxygens (including phenoxy) is 1. The van der Waals surface area contributed by atoms with Crippen LogP contribution in [-0.4, -0.2) is 27.3 Å². The molecule has 0 saturated carbocycles. The van der Waals surface area contributed by atoms with Gasteiger partial charge in [-0.05, 0) is 49.6 Å². The van der Waals surface area contributed by atoms with Crippen LogP contribution in [0.2, 0.25) is 0 Å². The lowest BCUT2D eigenvalue weighted by molar-refractivity contribution is -0.137.